The lowest BCUT2D eigenvalue weighted by Gasteiger charge is -2.15. The number of anilines is 2. The Morgan fingerprint density at radius 3 is 3.00 bits per heavy atom. The highest BCUT2D eigenvalue weighted by Gasteiger charge is 2.32. The van der Waals surface area contributed by atoms with E-state index in [1.807, 2.05) is 18.2 Å². The van der Waals surface area contributed by atoms with E-state index in [0.29, 0.717) is 19.6 Å². The normalized spacial score (nSPS) is 21.5. The van der Waals surface area contributed by atoms with Gasteiger partial charge in [-0.15, -0.1) is 0 Å². The summed E-state index contributed by atoms with van der Waals surface area (Å²) in [5, 5.41) is 0. The summed E-state index contributed by atoms with van der Waals surface area (Å²) < 4.78 is 5.13. The minimum absolute atomic E-state index is 0.243. The molecule has 0 aliphatic carbocycles. The number of benzene rings is 1. The second-order valence-electron chi connectivity index (χ2n) is 4.71. The van der Waals surface area contributed by atoms with Crippen molar-refractivity contribution in [2.24, 2.45) is 5.73 Å². The number of hydrogen-bond acceptors (Lipinski definition) is 4. The van der Waals surface area contributed by atoms with Crippen LogP contribution in [0.15, 0.2) is 18.2 Å². The van der Waals surface area contributed by atoms with Crippen LogP contribution in [0.2, 0.25) is 0 Å². The van der Waals surface area contributed by atoms with E-state index < -0.39 is 0 Å². The zero-order chi connectivity index (χ0) is 13.4. The summed E-state index contributed by atoms with van der Waals surface area (Å²) in [4.78, 5) is 25.9. The van der Waals surface area contributed by atoms with E-state index in [0.717, 1.165) is 29.8 Å². The van der Waals surface area contributed by atoms with E-state index in [4.69, 9.17) is 10.5 Å². The molecule has 1 fully saturated rings. The Kier molecular flexibility index (Phi) is 2.87. The Morgan fingerprint density at radius 1 is 1.47 bits per heavy atom. The molecule has 0 aromatic heterocycles. The van der Waals surface area contributed by atoms with E-state index >= 15 is 0 Å². The molecule has 2 aliphatic heterocycles. The lowest BCUT2D eigenvalue weighted by molar-refractivity contribution is -0.107. The fraction of sp³-hybridized carbons (Fsp3) is 0.385. The smallest absolute Gasteiger partial charge is 0.414 e. The summed E-state index contributed by atoms with van der Waals surface area (Å²) in [5.41, 5.74) is 8.31. The van der Waals surface area contributed by atoms with Crippen molar-refractivity contribution in [3.8, 4) is 0 Å². The molecular weight excluding hydrogens is 246 g/mol. The highest BCUT2D eigenvalue weighted by Crippen LogP contribution is 2.32. The van der Waals surface area contributed by atoms with Gasteiger partial charge in [-0.3, -0.25) is 9.69 Å². The molecule has 2 amide bonds. The average molecular weight is 261 g/mol. The molecule has 2 heterocycles. The average Bonchev–Trinajstić information content (AvgIpc) is 3.00. The number of nitrogens with zero attached hydrogens (tertiary/aromatic N) is 2. The third-order valence-corrected chi connectivity index (χ3v) is 3.57. The summed E-state index contributed by atoms with van der Waals surface area (Å²) in [6.07, 6.45) is 1.04. The Hall–Kier alpha value is -2.08. The van der Waals surface area contributed by atoms with Crippen LogP contribution in [-0.4, -0.2) is 38.2 Å². The number of amides is 2. The number of cyclic esters (lactones) is 1. The summed E-state index contributed by atoms with van der Waals surface area (Å²) >= 11 is 0. The van der Waals surface area contributed by atoms with Crippen LogP contribution in [0, 0.1) is 0 Å². The zero-order valence-electron chi connectivity index (χ0n) is 10.4. The van der Waals surface area contributed by atoms with Crippen molar-refractivity contribution in [1.29, 1.82) is 0 Å². The molecule has 3 rings (SSSR count). The van der Waals surface area contributed by atoms with Gasteiger partial charge in [-0.1, -0.05) is 0 Å². The van der Waals surface area contributed by atoms with Crippen LogP contribution < -0.4 is 15.5 Å². The largest absolute Gasteiger partial charge is 0.443 e. The number of fused-ring (bicyclic) bond motifs is 1. The van der Waals surface area contributed by atoms with Crippen molar-refractivity contribution in [3.63, 3.8) is 0 Å². The van der Waals surface area contributed by atoms with Gasteiger partial charge < -0.3 is 15.4 Å². The molecule has 6 heteroatoms. The van der Waals surface area contributed by atoms with Gasteiger partial charge in [0, 0.05) is 24.5 Å². The van der Waals surface area contributed by atoms with Crippen LogP contribution in [-0.2, 0) is 16.0 Å². The maximum atomic E-state index is 11.7. The molecule has 2 N–H and O–H groups in total. The van der Waals surface area contributed by atoms with E-state index in [1.165, 1.54) is 0 Å². The molecule has 0 spiro atoms. The molecule has 1 aromatic carbocycles. The molecule has 1 saturated heterocycles. The summed E-state index contributed by atoms with van der Waals surface area (Å²) in [6.45, 7) is 1.50. The number of carbonyl (C=O) groups is 2. The predicted molar refractivity (Wildman–Crippen MR) is 70.2 cm³/mol. The Morgan fingerprint density at radius 2 is 2.32 bits per heavy atom. The molecule has 2 aliphatic rings. The minimum Gasteiger partial charge on any atom is -0.443 e. The summed E-state index contributed by atoms with van der Waals surface area (Å²) in [5.74, 6) is 0. The van der Waals surface area contributed by atoms with Gasteiger partial charge in [0.25, 0.3) is 0 Å². The van der Waals surface area contributed by atoms with Gasteiger partial charge >= 0.3 is 6.09 Å². The first kappa shape index (κ1) is 12.0. The van der Waals surface area contributed by atoms with Crippen molar-refractivity contribution >= 4 is 23.9 Å². The van der Waals surface area contributed by atoms with Crippen LogP contribution in [0.1, 0.15) is 5.56 Å². The van der Waals surface area contributed by atoms with Gasteiger partial charge in [0.2, 0.25) is 6.41 Å². The highest BCUT2D eigenvalue weighted by atomic mass is 16.6. The van der Waals surface area contributed by atoms with Crippen molar-refractivity contribution < 1.29 is 14.3 Å². The lowest BCUT2D eigenvalue weighted by Crippen LogP contribution is -2.27. The molecule has 1 unspecified atom stereocenters. The van der Waals surface area contributed by atoms with Crippen LogP contribution in [0.25, 0.3) is 0 Å². The zero-order valence-corrected chi connectivity index (χ0v) is 10.4. The fourth-order valence-electron chi connectivity index (χ4n) is 2.55. The summed E-state index contributed by atoms with van der Waals surface area (Å²) in [6, 6.07) is 5.65. The molecule has 0 saturated carbocycles. The van der Waals surface area contributed by atoms with Gasteiger partial charge in [0.1, 0.15) is 6.10 Å². The maximum absolute atomic E-state index is 11.7. The minimum atomic E-state index is -0.361. The van der Waals surface area contributed by atoms with Gasteiger partial charge in [0.15, 0.2) is 0 Å². The van der Waals surface area contributed by atoms with Crippen LogP contribution >= 0.6 is 0 Å². The van der Waals surface area contributed by atoms with E-state index in [9.17, 15) is 9.59 Å². The lowest BCUT2D eigenvalue weighted by atomic mass is 10.1. The molecule has 0 radical (unpaired) electrons. The van der Waals surface area contributed by atoms with Crippen molar-refractivity contribution in [2.45, 2.75) is 12.5 Å². The number of hydrogen-bond donors (Lipinski definition) is 1. The molecule has 6 nitrogen and oxygen atoms in total. The van der Waals surface area contributed by atoms with E-state index in [2.05, 4.69) is 0 Å². The number of nitrogens with two attached hydrogens (primary N) is 1. The summed E-state index contributed by atoms with van der Waals surface area (Å²) in [7, 11) is 0. The second-order valence-corrected chi connectivity index (χ2v) is 4.71. The van der Waals surface area contributed by atoms with Gasteiger partial charge in [-0.25, -0.2) is 4.79 Å². The molecule has 100 valence electrons. The first-order valence-corrected chi connectivity index (χ1v) is 6.26. The van der Waals surface area contributed by atoms with Gasteiger partial charge in [0.05, 0.1) is 6.54 Å². The van der Waals surface area contributed by atoms with E-state index in [-0.39, 0.29) is 12.2 Å². The molecule has 0 bridgehead atoms. The topological polar surface area (TPSA) is 75.9 Å². The number of carbonyl (C=O) groups excluding carboxylic acids is 2. The van der Waals surface area contributed by atoms with Crippen molar-refractivity contribution in [1.82, 2.24) is 0 Å². The van der Waals surface area contributed by atoms with Gasteiger partial charge in [-0.2, -0.15) is 0 Å². The monoisotopic (exact) mass is 261 g/mol. The van der Waals surface area contributed by atoms with Crippen molar-refractivity contribution in [3.05, 3.63) is 23.8 Å². The maximum Gasteiger partial charge on any atom is 0.414 e. The van der Waals surface area contributed by atoms with Crippen LogP contribution in [0.3, 0.4) is 0 Å². The quantitative estimate of drug-likeness (QED) is 0.803. The van der Waals surface area contributed by atoms with E-state index in [1.54, 1.807) is 9.80 Å². The Labute approximate surface area is 110 Å². The van der Waals surface area contributed by atoms with Gasteiger partial charge in [-0.05, 0) is 30.2 Å². The number of rotatable bonds is 3. The first-order chi connectivity index (χ1) is 9.22. The molecular formula is C13H15N3O3. The predicted octanol–water partition coefficient (Wildman–Crippen LogP) is 0.489. The SMILES string of the molecule is NCC1CN(c2ccc3c(c2)CCN3C=O)C(=O)O1. The highest BCUT2D eigenvalue weighted by molar-refractivity contribution is 5.91. The van der Waals surface area contributed by atoms with Crippen LogP contribution in [0.4, 0.5) is 16.2 Å². The molecule has 1 atom stereocenters. The number of ether oxygens (including phenoxy) is 1. The Bertz CT molecular complexity index is 532. The third-order valence-electron chi connectivity index (χ3n) is 3.57. The van der Waals surface area contributed by atoms with Crippen molar-refractivity contribution in [2.75, 3.05) is 29.4 Å². The standard InChI is InChI=1S/C13H15N3O3/c14-6-11-7-16(13(18)19-11)10-1-2-12-9(5-10)3-4-15(12)8-17/h1-2,5,8,11H,3-4,6-7,14H2. The second kappa shape index (κ2) is 4.55. The molecule has 1 aromatic rings. The van der Waals surface area contributed by atoms with Crippen LogP contribution in [0.5, 0.6) is 0 Å². The Balaban J connectivity index is 1.87. The fourth-order valence-corrected chi connectivity index (χ4v) is 2.55. The first-order valence-electron chi connectivity index (χ1n) is 6.26. The third kappa shape index (κ3) is 1.94. The molecule has 19 heavy (non-hydrogen) atoms.